The van der Waals surface area contributed by atoms with Crippen LogP contribution in [-0.2, 0) is 4.79 Å². The molecule has 1 aromatic heterocycles. The summed E-state index contributed by atoms with van der Waals surface area (Å²) in [6.07, 6.45) is 4.98. The Labute approximate surface area is 92.5 Å². The van der Waals surface area contributed by atoms with Crippen molar-refractivity contribution in [2.45, 2.75) is 12.8 Å². The minimum atomic E-state index is -0.254. The van der Waals surface area contributed by atoms with Gasteiger partial charge in [-0.2, -0.15) is 0 Å². The van der Waals surface area contributed by atoms with E-state index in [0.717, 1.165) is 12.8 Å². The minimum absolute atomic E-state index is 0.108. The summed E-state index contributed by atoms with van der Waals surface area (Å²) in [5.41, 5.74) is -0.254. The van der Waals surface area contributed by atoms with Gasteiger partial charge < -0.3 is 15.6 Å². The summed E-state index contributed by atoms with van der Waals surface area (Å²) >= 11 is 0. The predicted molar refractivity (Wildman–Crippen MR) is 59.1 cm³/mol. The average Bonchev–Trinajstić information content (AvgIpc) is 3.10. The van der Waals surface area contributed by atoms with Crippen LogP contribution in [-0.4, -0.2) is 29.0 Å². The third kappa shape index (κ3) is 2.82. The Morgan fingerprint density at radius 1 is 1.50 bits per heavy atom. The molecule has 0 unspecified atom stereocenters. The van der Waals surface area contributed by atoms with E-state index in [1.165, 1.54) is 12.4 Å². The maximum absolute atomic E-state index is 11.3. The average molecular weight is 222 g/mol. The number of aromatic amines is 1. The highest BCUT2D eigenvalue weighted by atomic mass is 16.2. The fraction of sp³-hybridized carbons (Fsp3) is 0.500. The van der Waals surface area contributed by atoms with Gasteiger partial charge in [0.25, 0.3) is 5.56 Å². The summed E-state index contributed by atoms with van der Waals surface area (Å²) in [4.78, 5) is 28.8. The van der Waals surface area contributed by atoms with Gasteiger partial charge in [-0.25, -0.2) is 4.98 Å². The third-order valence-electron chi connectivity index (χ3n) is 2.37. The van der Waals surface area contributed by atoms with Crippen molar-refractivity contribution in [2.24, 2.45) is 5.92 Å². The molecule has 0 aromatic carbocycles. The van der Waals surface area contributed by atoms with Crippen molar-refractivity contribution >= 4 is 11.7 Å². The number of aromatic nitrogens is 2. The predicted octanol–water partition coefficient (Wildman–Crippen LogP) is -0.292. The van der Waals surface area contributed by atoms with Crippen LogP contribution in [0, 0.1) is 5.92 Å². The molecule has 0 aliphatic heterocycles. The molecule has 1 aliphatic rings. The van der Waals surface area contributed by atoms with Gasteiger partial charge in [-0.3, -0.25) is 9.59 Å². The molecule has 2 rings (SSSR count). The van der Waals surface area contributed by atoms with Crippen molar-refractivity contribution in [3.8, 4) is 0 Å². The molecule has 1 aromatic rings. The van der Waals surface area contributed by atoms with Crippen LogP contribution in [0.3, 0.4) is 0 Å². The number of hydrogen-bond donors (Lipinski definition) is 3. The topological polar surface area (TPSA) is 86.9 Å². The first kappa shape index (κ1) is 10.7. The molecule has 0 atom stereocenters. The smallest absolute Gasteiger partial charge is 0.290 e. The van der Waals surface area contributed by atoms with E-state index >= 15 is 0 Å². The molecule has 0 bridgehead atoms. The van der Waals surface area contributed by atoms with E-state index in [2.05, 4.69) is 20.6 Å². The van der Waals surface area contributed by atoms with Crippen LogP contribution in [0.1, 0.15) is 12.8 Å². The van der Waals surface area contributed by atoms with Gasteiger partial charge in [0.2, 0.25) is 5.91 Å². The molecule has 1 amide bonds. The molecule has 0 saturated heterocycles. The van der Waals surface area contributed by atoms with Crippen molar-refractivity contribution in [3.05, 3.63) is 22.7 Å². The Bertz CT molecular complexity index is 425. The molecule has 6 heteroatoms. The number of hydrogen-bond acceptors (Lipinski definition) is 4. The van der Waals surface area contributed by atoms with Crippen molar-refractivity contribution in [2.75, 3.05) is 18.4 Å². The lowest BCUT2D eigenvalue weighted by atomic mass is 10.4. The van der Waals surface area contributed by atoms with E-state index in [-0.39, 0.29) is 23.2 Å². The molecule has 6 nitrogen and oxygen atoms in total. The van der Waals surface area contributed by atoms with Gasteiger partial charge in [0.05, 0.1) is 0 Å². The Balaban J connectivity index is 1.70. The summed E-state index contributed by atoms with van der Waals surface area (Å²) < 4.78 is 0. The highest BCUT2D eigenvalue weighted by Crippen LogP contribution is 2.28. The highest BCUT2D eigenvalue weighted by molar-refractivity contribution is 5.80. The van der Waals surface area contributed by atoms with Gasteiger partial charge in [0.1, 0.15) is 0 Å². The van der Waals surface area contributed by atoms with Crippen LogP contribution >= 0.6 is 0 Å². The summed E-state index contributed by atoms with van der Waals surface area (Å²) in [5.74, 6) is 0.609. The van der Waals surface area contributed by atoms with Crippen LogP contribution in [0.4, 0.5) is 5.82 Å². The quantitative estimate of drug-likeness (QED) is 0.597. The molecular formula is C10H14N4O2. The first-order valence-electron chi connectivity index (χ1n) is 5.32. The first-order chi connectivity index (χ1) is 7.77. The SMILES string of the molecule is O=C(NCCNc1ncc[nH]c1=O)C1CC1. The van der Waals surface area contributed by atoms with E-state index < -0.39 is 0 Å². The molecule has 0 radical (unpaired) electrons. The summed E-state index contributed by atoms with van der Waals surface area (Å²) in [7, 11) is 0. The number of anilines is 1. The second-order valence-electron chi connectivity index (χ2n) is 3.76. The Morgan fingerprint density at radius 2 is 2.31 bits per heavy atom. The second kappa shape index (κ2) is 4.78. The van der Waals surface area contributed by atoms with Crippen LogP contribution in [0.25, 0.3) is 0 Å². The Morgan fingerprint density at radius 3 is 3.00 bits per heavy atom. The maximum atomic E-state index is 11.3. The number of carbonyl (C=O) groups is 1. The molecule has 16 heavy (non-hydrogen) atoms. The van der Waals surface area contributed by atoms with Crippen molar-refractivity contribution in [1.82, 2.24) is 15.3 Å². The zero-order valence-electron chi connectivity index (χ0n) is 8.82. The van der Waals surface area contributed by atoms with E-state index in [0.29, 0.717) is 13.1 Å². The lowest BCUT2D eigenvalue weighted by Crippen LogP contribution is -2.30. The van der Waals surface area contributed by atoms with Gasteiger partial charge >= 0.3 is 0 Å². The molecule has 1 saturated carbocycles. The van der Waals surface area contributed by atoms with E-state index in [4.69, 9.17) is 0 Å². The van der Waals surface area contributed by atoms with Gasteiger partial charge in [0.15, 0.2) is 5.82 Å². The van der Waals surface area contributed by atoms with E-state index in [1.807, 2.05) is 0 Å². The number of carbonyl (C=O) groups excluding carboxylic acids is 1. The zero-order valence-corrected chi connectivity index (χ0v) is 8.82. The normalized spacial score (nSPS) is 14.5. The monoisotopic (exact) mass is 222 g/mol. The van der Waals surface area contributed by atoms with Crippen molar-refractivity contribution < 1.29 is 4.79 Å². The minimum Gasteiger partial charge on any atom is -0.364 e. The second-order valence-corrected chi connectivity index (χ2v) is 3.76. The Hall–Kier alpha value is -1.85. The van der Waals surface area contributed by atoms with Crippen LogP contribution in [0.2, 0.25) is 0 Å². The molecular weight excluding hydrogens is 208 g/mol. The summed E-state index contributed by atoms with van der Waals surface area (Å²) in [6, 6.07) is 0. The van der Waals surface area contributed by atoms with Gasteiger partial charge in [-0.05, 0) is 12.8 Å². The van der Waals surface area contributed by atoms with Gasteiger partial charge in [0, 0.05) is 31.4 Å². The zero-order chi connectivity index (χ0) is 11.4. The first-order valence-corrected chi connectivity index (χ1v) is 5.32. The van der Waals surface area contributed by atoms with Crippen molar-refractivity contribution in [3.63, 3.8) is 0 Å². The maximum Gasteiger partial charge on any atom is 0.290 e. The Kier molecular flexibility index (Phi) is 3.19. The number of H-pyrrole nitrogens is 1. The summed E-state index contributed by atoms with van der Waals surface area (Å²) in [6.45, 7) is 1.00. The molecule has 3 N–H and O–H groups in total. The molecule has 86 valence electrons. The number of nitrogens with one attached hydrogen (secondary N) is 3. The van der Waals surface area contributed by atoms with Crippen LogP contribution in [0.5, 0.6) is 0 Å². The molecule has 1 heterocycles. The van der Waals surface area contributed by atoms with Crippen molar-refractivity contribution in [1.29, 1.82) is 0 Å². The molecule has 0 spiro atoms. The largest absolute Gasteiger partial charge is 0.364 e. The number of rotatable bonds is 5. The van der Waals surface area contributed by atoms with Crippen LogP contribution in [0.15, 0.2) is 17.2 Å². The fourth-order valence-corrected chi connectivity index (χ4v) is 1.33. The lowest BCUT2D eigenvalue weighted by molar-refractivity contribution is -0.122. The van der Waals surface area contributed by atoms with Gasteiger partial charge in [-0.1, -0.05) is 0 Å². The lowest BCUT2D eigenvalue weighted by Gasteiger charge is -2.05. The van der Waals surface area contributed by atoms with E-state index in [9.17, 15) is 9.59 Å². The number of amides is 1. The fourth-order valence-electron chi connectivity index (χ4n) is 1.33. The van der Waals surface area contributed by atoms with E-state index in [1.54, 1.807) is 0 Å². The number of nitrogens with zero attached hydrogens (tertiary/aromatic N) is 1. The van der Waals surface area contributed by atoms with Gasteiger partial charge in [-0.15, -0.1) is 0 Å². The standard InChI is InChI=1S/C10H14N4O2/c15-9(7-1-2-7)13-5-3-11-8-10(16)14-6-4-12-8/h4,6-7H,1-3,5H2,(H,11,12)(H,13,15)(H,14,16). The molecule has 1 aliphatic carbocycles. The summed E-state index contributed by atoms with van der Waals surface area (Å²) in [5, 5.41) is 5.65. The highest BCUT2D eigenvalue weighted by Gasteiger charge is 2.28. The third-order valence-corrected chi connectivity index (χ3v) is 2.37. The molecule has 1 fully saturated rings. The van der Waals surface area contributed by atoms with Crippen LogP contribution < -0.4 is 16.2 Å².